The maximum absolute atomic E-state index is 12.3. The summed E-state index contributed by atoms with van der Waals surface area (Å²) in [6.45, 7) is 1.92. The van der Waals surface area contributed by atoms with Gasteiger partial charge < -0.3 is 9.73 Å². The maximum Gasteiger partial charge on any atom is 0.277 e. The molecule has 4 nitrogen and oxygen atoms in total. The molecule has 0 bridgehead atoms. The minimum absolute atomic E-state index is 0.189. The number of nitrogens with one attached hydrogen (secondary N) is 1. The number of rotatable bonds is 3. The van der Waals surface area contributed by atoms with Crippen molar-refractivity contribution in [3.05, 3.63) is 70.0 Å². The molecular formula is C17H12Cl2N2O2. The fourth-order valence-corrected chi connectivity index (χ4v) is 2.34. The van der Waals surface area contributed by atoms with E-state index in [0.717, 1.165) is 11.3 Å². The normalized spacial score (nSPS) is 10.6. The molecule has 1 N–H and O–H groups in total. The second-order valence-corrected chi connectivity index (χ2v) is 5.75. The van der Waals surface area contributed by atoms with Gasteiger partial charge in [0, 0.05) is 11.3 Å². The average Bonchev–Trinajstić information content (AvgIpc) is 3.02. The van der Waals surface area contributed by atoms with Crippen LogP contribution in [0.2, 0.25) is 10.0 Å². The van der Waals surface area contributed by atoms with Gasteiger partial charge in [0.1, 0.15) is 6.26 Å². The van der Waals surface area contributed by atoms with E-state index in [1.807, 2.05) is 31.2 Å². The summed E-state index contributed by atoms with van der Waals surface area (Å²) in [5, 5.41) is 3.64. The van der Waals surface area contributed by atoms with Crippen LogP contribution in [0.25, 0.3) is 11.5 Å². The third kappa shape index (κ3) is 3.38. The molecule has 23 heavy (non-hydrogen) atoms. The van der Waals surface area contributed by atoms with E-state index in [1.54, 1.807) is 18.2 Å². The van der Waals surface area contributed by atoms with Gasteiger partial charge in [-0.1, -0.05) is 41.4 Å². The van der Waals surface area contributed by atoms with Gasteiger partial charge in [-0.15, -0.1) is 0 Å². The average molecular weight is 347 g/mol. The summed E-state index contributed by atoms with van der Waals surface area (Å²) in [6.07, 6.45) is 1.31. The SMILES string of the molecule is Cc1ccccc1NC(=O)c1coc(-c2ccc(Cl)c(Cl)c2)n1. The van der Waals surface area contributed by atoms with Gasteiger partial charge in [0.05, 0.1) is 10.0 Å². The van der Waals surface area contributed by atoms with E-state index in [1.165, 1.54) is 6.26 Å². The van der Waals surface area contributed by atoms with Crippen LogP contribution < -0.4 is 5.32 Å². The van der Waals surface area contributed by atoms with Crippen LogP contribution in [0.1, 0.15) is 16.1 Å². The highest BCUT2D eigenvalue weighted by Crippen LogP contribution is 2.28. The zero-order chi connectivity index (χ0) is 16.4. The topological polar surface area (TPSA) is 55.1 Å². The minimum Gasteiger partial charge on any atom is -0.444 e. The van der Waals surface area contributed by atoms with E-state index < -0.39 is 0 Å². The molecule has 0 aliphatic carbocycles. The number of nitrogens with zero attached hydrogens (tertiary/aromatic N) is 1. The molecular weight excluding hydrogens is 335 g/mol. The smallest absolute Gasteiger partial charge is 0.277 e. The Balaban J connectivity index is 1.82. The predicted octanol–water partition coefficient (Wildman–Crippen LogP) is 5.21. The van der Waals surface area contributed by atoms with Gasteiger partial charge in [-0.2, -0.15) is 0 Å². The summed E-state index contributed by atoms with van der Waals surface area (Å²) in [4.78, 5) is 16.4. The van der Waals surface area contributed by atoms with E-state index in [0.29, 0.717) is 21.5 Å². The lowest BCUT2D eigenvalue weighted by molar-refractivity contribution is 0.102. The molecule has 1 aromatic heterocycles. The summed E-state index contributed by atoms with van der Waals surface area (Å²) in [5.74, 6) is -0.0344. The number of hydrogen-bond donors (Lipinski definition) is 1. The third-order valence-electron chi connectivity index (χ3n) is 3.30. The first-order chi connectivity index (χ1) is 11.0. The molecule has 3 aromatic rings. The van der Waals surface area contributed by atoms with Gasteiger partial charge in [0.25, 0.3) is 5.91 Å². The van der Waals surface area contributed by atoms with E-state index in [9.17, 15) is 4.79 Å². The van der Waals surface area contributed by atoms with Crippen molar-refractivity contribution in [2.45, 2.75) is 6.92 Å². The third-order valence-corrected chi connectivity index (χ3v) is 4.04. The number of aryl methyl sites for hydroxylation is 1. The number of aromatic nitrogens is 1. The van der Waals surface area contributed by atoms with E-state index in [-0.39, 0.29) is 11.6 Å². The number of halogens is 2. The van der Waals surface area contributed by atoms with Crippen molar-refractivity contribution in [2.24, 2.45) is 0 Å². The monoisotopic (exact) mass is 346 g/mol. The van der Waals surface area contributed by atoms with Crippen molar-refractivity contribution in [3.63, 3.8) is 0 Å². The van der Waals surface area contributed by atoms with Crippen molar-refractivity contribution < 1.29 is 9.21 Å². The highest BCUT2D eigenvalue weighted by atomic mass is 35.5. The number of carbonyl (C=O) groups excluding carboxylic acids is 1. The molecule has 0 aliphatic rings. The summed E-state index contributed by atoms with van der Waals surface area (Å²) >= 11 is 11.9. The lowest BCUT2D eigenvalue weighted by atomic mass is 10.2. The van der Waals surface area contributed by atoms with Crippen LogP contribution in [-0.4, -0.2) is 10.9 Å². The van der Waals surface area contributed by atoms with Gasteiger partial charge in [-0.05, 0) is 36.8 Å². The number of hydrogen-bond acceptors (Lipinski definition) is 3. The van der Waals surface area contributed by atoms with E-state index in [2.05, 4.69) is 10.3 Å². The van der Waals surface area contributed by atoms with Crippen LogP contribution in [0.3, 0.4) is 0 Å². The Labute approximate surface area is 143 Å². The van der Waals surface area contributed by atoms with E-state index in [4.69, 9.17) is 27.6 Å². The van der Waals surface area contributed by atoms with Crippen LogP contribution in [0.5, 0.6) is 0 Å². The van der Waals surface area contributed by atoms with Crippen molar-refractivity contribution in [2.75, 3.05) is 5.32 Å². The Morgan fingerprint density at radius 3 is 2.65 bits per heavy atom. The number of para-hydroxylation sites is 1. The lowest BCUT2D eigenvalue weighted by Crippen LogP contribution is -2.13. The standard InChI is InChI=1S/C17H12Cl2N2O2/c1-10-4-2-3-5-14(10)20-16(22)15-9-23-17(21-15)11-6-7-12(18)13(19)8-11/h2-9H,1H3,(H,20,22). The Morgan fingerprint density at radius 2 is 1.91 bits per heavy atom. The van der Waals surface area contributed by atoms with Crippen molar-refractivity contribution in [1.29, 1.82) is 0 Å². The summed E-state index contributed by atoms with van der Waals surface area (Å²) < 4.78 is 5.36. The first kappa shape index (κ1) is 15.6. The summed E-state index contributed by atoms with van der Waals surface area (Å²) in [5.41, 5.74) is 2.54. The number of anilines is 1. The van der Waals surface area contributed by atoms with Crippen LogP contribution in [0.4, 0.5) is 5.69 Å². The molecule has 116 valence electrons. The largest absolute Gasteiger partial charge is 0.444 e. The quantitative estimate of drug-likeness (QED) is 0.708. The second-order valence-electron chi connectivity index (χ2n) is 4.94. The van der Waals surface area contributed by atoms with Gasteiger partial charge >= 0.3 is 0 Å². The van der Waals surface area contributed by atoms with Crippen LogP contribution >= 0.6 is 23.2 Å². The lowest BCUT2D eigenvalue weighted by Gasteiger charge is -2.05. The van der Waals surface area contributed by atoms with Gasteiger partial charge in [0.2, 0.25) is 5.89 Å². The first-order valence-corrected chi connectivity index (χ1v) is 7.58. The molecule has 2 aromatic carbocycles. The molecule has 1 amide bonds. The molecule has 6 heteroatoms. The minimum atomic E-state index is -0.339. The molecule has 1 heterocycles. The van der Waals surface area contributed by atoms with Crippen LogP contribution in [0.15, 0.2) is 53.1 Å². The van der Waals surface area contributed by atoms with Crippen molar-refractivity contribution in [1.82, 2.24) is 4.98 Å². The zero-order valence-electron chi connectivity index (χ0n) is 12.1. The molecule has 0 unspecified atom stereocenters. The van der Waals surface area contributed by atoms with Crippen molar-refractivity contribution >= 4 is 34.8 Å². The fourth-order valence-electron chi connectivity index (χ4n) is 2.04. The maximum atomic E-state index is 12.3. The van der Waals surface area contributed by atoms with Crippen molar-refractivity contribution in [3.8, 4) is 11.5 Å². The Hall–Kier alpha value is -2.30. The highest BCUT2D eigenvalue weighted by molar-refractivity contribution is 6.42. The first-order valence-electron chi connectivity index (χ1n) is 6.82. The number of amides is 1. The molecule has 0 radical (unpaired) electrons. The number of benzene rings is 2. The summed E-state index contributed by atoms with van der Waals surface area (Å²) in [6, 6.07) is 12.5. The zero-order valence-corrected chi connectivity index (χ0v) is 13.7. The Bertz CT molecular complexity index is 875. The second kappa shape index (κ2) is 6.44. The number of carbonyl (C=O) groups is 1. The van der Waals surface area contributed by atoms with Gasteiger partial charge in [-0.25, -0.2) is 4.98 Å². The predicted molar refractivity (Wildman–Crippen MR) is 91.1 cm³/mol. The van der Waals surface area contributed by atoms with Gasteiger partial charge in [0.15, 0.2) is 5.69 Å². The summed E-state index contributed by atoms with van der Waals surface area (Å²) in [7, 11) is 0. The molecule has 0 fully saturated rings. The molecule has 0 saturated heterocycles. The van der Waals surface area contributed by atoms with Gasteiger partial charge in [-0.3, -0.25) is 4.79 Å². The van der Waals surface area contributed by atoms with Crippen LogP contribution in [0, 0.1) is 6.92 Å². The molecule has 0 atom stereocenters. The fraction of sp³-hybridized carbons (Fsp3) is 0.0588. The molecule has 0 aliphatic heterocycles. The molecule has 0 spiro atoms. The Kier molecular flexibility index (Phi) is 4.37. The molecule has 0 saturated carbocycles. The Morgan fingerprint density at radius 1 is 1.13 bits per heavy atom. The molecule has 3 rings (SSSR count). The highest BCUT2D eigenvalue weighted by Gasteiger charge is 2.15. The number of oxazole rings is 1. The van der Waals surface area contributed by atoms with E-state index >= 15 is 0 Å². The van der Waals surface area contributed by atoms with Crippen LogP contribution in [-0.2, 0) is 0 Å².